The summed E-state index contributed by atoms with van der Waals surface area (Å²) in [5, 5.41) is 9.78. The van der Waals surface area contributed by atoms with Crippen molar-refractivity contribution < 1.29 is 14.0 Å². The van der Waals surface area contributed by atoms with Gasteiger partial charge in [-0.15, -0.1) is 0 Å². The summed E-state index contributed by atoms with van der Waals surface area (Å²) in [5.41, 5.74) is 2.20. The summed E-state index contributed by atoms with van der Waals surface area (Å²) in [6.07, 6.45) is 1.37. The topological polar surface area (TPSA) is 76.0 Å². The Bertz CT molecular complexity index is 1250. The summed E-state index contributed by atoms with van der Waals surface area (Å²) in [6.45, 7) is 1.88. The van der Waals surface area contributed by atoms with Crippen molar-refractivity contribution in [3.63, 3.8) is 0 Å². The largest absolute Gasteiger partial charge is 0.322 e. The van der Waals surface area contributed by atoms with E-state index in [2.05, 4.69) is 15.7 Å². The summed E-state index contributed by atoms with van der Waals surface area (Å²) in [5.74, 6) is -1.64. The first-order chi connectivity index (χ1) is 15.0. The van der Waals surface area contributed by atoms with Gasteiger partial charge in [0, 0.05) is 5.69 Å². The second kappa shape index (κ2) is 8.62. The maximum atomic E-state index is 14.1. The number of para-hydroxylation sites is 2. The standard InChI is InChI=1S/C24H19FN4O2/c1-16-9-5-8-14-21(16)27-24(31)19-15-26-29(17-10-3-2-4-11-17)22(19)28-23(30)18-12-6-7-13-20(18)25/h2-15H,1H3,(H,27,31)(H,28,30). The average Bonchev–Trinajstić information content (AvgIpc) is 3.19. The van der Waals surface area contributed by atoms with E-state index >= 15 is 0 Å². The fourth-order valence-corrected chi connectivity index (χ4v) is 3.12. The number of hydrogen-bond donors (Lipinski definition) is 2. The molecule has 0 unspecified atom stereocenters. The van der Waals surface area contributed by atoms with Gasteiger partial charge >= 0.3 is 0 Å². The summed E-state index contributed by atoms with van der Waals surface area (Å²) in [7, 11) is 0. The summed E-state index contributed by atoms with van der Waals surface area (Å²) in [4.78, 5) is 25.8. The van der Waals surface area contributed by atoms with Crippen molar-refractivity contribution in [2.45, 2.75) is 6.92 Å². The molecule has 0 aliphatic carbocycles. The smallest absolute Gasteiger partial charge is 0.261 e. The molecule has 1 heterocycles. The molecule has 0 aliphatic rings. The molecule has 154 valence electrons. The Hall–Kier alpha value is -4.26. The van der Waals surface area contributed by atoms with E-state index in [-0.39, 0.29) is 16.9 Å². The van der Waals surface area contributed by atoms with Gasteiger partial charge in [-0.25, -0.2) is 9.07 Å². The number of halogens is 1. The van der Waals surface area contributed by atoms with Crippen molar-refractivity contribution >= 4 is 23.3 Å². The molecule has 0 fully saturated rings. The van der Waals surface area contributed by atoms with E-state index in [1.807, 2.05) is 43.3 Å². The van der Waals surface area contributed by atoms with E-state index in [1.165, 1.54) is 29.1 Å². The lowest BCUT2D eigenvalue weighted by atomic mass is 10.2. The third-order valence-electron chi connectivity index (χ3n) is 4.76. The highest BCUT2D eigenvalue weighted by Gasteiger charge is 2.22. The lowest BCUT2D eigenvalue weighted by molar-refractivity contribution is 0.102. The number of carbonyl (C=O) groups is 2. The number of anilines is 2. The van der Waals surface area contributed by atoms with Crippen molar-refractivity contribution in [1.82, 2.24) is 9.78 Å². The minimum absolute atomic E-state index is 0.131. The van der Waals surface area contributed by atoms with Gasteiger partial charge in [0.2, 0.25) is 0 Å². The van der Waals surface area contributed by atoms with E-state index in [9.17, 15) is 14.0 Å². The lowest BCUT2D eigenvalue weighted by Gasteiger charge is -2.12. The molecule has 6 nitrogen and oxygen atoms in total. The number of carbonyl (C=O) groups excluding carboxylic acids is 2. The zero-order valence-corrected chi connectivity index (χ0v) is 16.7. The van der Waals surface area contributed by atoms with E-state index in [1.54, 1.807) is 24.3 Å². The van der Waals surface area contributed by atoms with Crippen LogP contribution in [0, 0.1) is 12.7 Å². The first-order valence-corrected chi connectivity index (χ1v) is 9.61. The van der Waals surface area contributed by atoms with Crippen LogP contribution in [0.5, 0.6) is 0 Å². The second-order valence-corrected chi connectivity index (χ2v) is 6.86. The van der Waals surface area contributed by atoms with Gasteiger partial charge < -0.3 is 10.6 Å². The number of nitrogens with zero attached hydrogens (tertiary/aromatic N) is 2. The fourth-order valence-electron chi connectivity index (χ4n) is 3.12. The number of aromatic nitrogens is 2. The molecule has 4 rings (SSSR count). The third kappa shape index (κ3) is 4.20. The average molecular weight is 414 g/mol. The van der Waals surface area contributed by atoms with Crippen molar-refractivity contribution in [2.24, 2.45) is 0 Å². The molecule has 4 aromatic rings. The van der Waals surface area contributed by atoms with Crippen LogP contribution in [0.4, 0.5) is 15.9 Å². The van der Waals surface area contributed by atoms with Crippen LogP contribution >= 0.6 is 0 Å². The van der Waals surface area contributed by atoms with E-state index in [4.69, 9.17) is 0 Å². The van der Waals surface area contributed by atoms with Gasteiger partial charge in [-0.2, -0.15) is 5.10 Å². The number of amides is 2. The van der Waals surface area contributed by atoms with Gasteiger partial charge in [0.25, 0.3) is 11.8 Å². The zero-order chi connectivity index (χ0) is 21.8. The van der Waals surface area contributed by atoms with Crippen molar-refractivity contribution in [3.05, 3.63) is 108 Å². The van der Waals surface area contributed by atoms with Crippen molar-refractivity contribution in [2.75, 3.05) is 10.6 Å². The van der Waals surface area contributed by atoms with E-state index in [0.717, 1.165) is 5.56 Å². The van der Waals surface area contributed by atoms with Crippen LogP contribution in [0.25, 0.3) is 5.69 Å². The fraction of sp³-hybridized carbons (Fsp3) is 0.0417. The quantitative estimate of drug-likeness (QED) is 0.491. The number of benzene rings is 3. The minimum Gasteiger partial charge on any atom is -0.322 e. The normalized spacial score (nSPS) is 10.5. The number of nitrogens with one attached hydrogen (secondary N) is 2. The molecule has 0 saturated heterocycles. The van der Waals surface area contributed by atoms with Crippen LogP contribution in [0.1, 0.15) is 26.3 Å². The molecule has 2 amide bonds. The molecule has 0 atom stereocenters. The Morgan fingerprint density at radius 3 is 2.19 bits per heavy atom. The number of rotatable bonds is 5. The molecule has 31 heavy (non-hydrogen) atoms. The van der Waals surface area contributed by atoms with Gasteiger partial charge in [0.05, 0.1) is 17.4 Å². The van der Waals surface area contributed by atoms with Crippen molar-refractivity contribution in [1.29, 1.82) is 0 Å². The maximum Gasteiger partial charge on any atom is 0.261 e. The predicted octanol–water partition coefficient (Wildman–Crippen LogP) is 4.82. The van der Waals surface area contributed by atoms with Crippen molar-refractivity contribution in [3.8, 4) is 5.69 Å². The highest BCUT2D eigenvalue weighted by atomic mass is 19.1. The molecule has 0 saturated carbocycles. The second-order valence-electron chi connectivity index (χ2n) is 6.86. The van der Waals surface area contributed by atoms with Crippen LogP contribution < -0.4 is 10.6 Å². The van der Waals surface area contributed by atoms with Crippen LogP contribution in [-0.2, 0) is 0 Å². The Balaban J connectivity index is 1.73. The lowest BCUT2D eigenvalue weighted by Crippen LogP contribution is -2.20. The summed E-state index contributed by atoms with van der Waals surface area (Å²) >= 11 is 0. The monoisotopic (exact) mass is 414 g/mol. The van der Waals surface area contributed by atoms with Crippen LogP contribution in [-0.4, -0.2) is 21.6 Å². The van der Waals surface area contributed by atoms with Gasteiger partial charge in [0.15, 0.2) is 0 Å². The molecule has 7 heteroatoms. The highest BCUT2D eigenvalue weighted by Crippen LogP contribution is 2.23. The summed E-state index contributed by atoms with van der Waals surface area (Å²) in [6, 6.07) is 22.0. The van der Waals surface area contributed by atoms with E-state index < -0.39 is 17.6 Å². The SMILES string of the molecule is Cc1ccccc1NC(=O)c1cnn(-c2ccccc2)c1NC(=O)c1ccccc1F. The van der Waals surface area contributed by atoms with Crippen LogP contribution in [0.2, 0.25) is 0 Å². The van der Waals surface area contributed by atoms with Gasteiger partial charge in [-0.05, 0) is 42.8 Å². The number of hydrogen-bond acceptors (Lipinski definition) is 3. The first kappa shape index (κ1) is 20.0. The Kier molecular flexibility index (Phi) is 5.57. The molecule has 2 N–H and O–H groups in total. The molecule has 0 radical (unpaired) electrons. The highest BCUT2D eigenvalue weighted by molar-refractivity contribution is 6.12. The minimum atomic E-state index is -0.680. The molecule has 0 spiro atoms. The molecule has 1 aromatic heterocycles. The van der Waals surface area contributed by atoms with Gasteiger partial charge in [-0.1, -0.05) is 48.5 Å². The van der Waals surface area contributed by atoms with E-state index in [0.29, 0.717) is 11.4 Å². The van der Waals surface area contributed by atoms with Crippen LogP contribution in [0.15, 0.2) is 85.1 Å². The predicted molar refractivity (Wildman–Crippen MR) is 117 cm³/mol. The Morgan fingerprint density at radius 1 is 0.806 bits per heavy atom. The Labute approximate surface area is 178 Å². The first-order valence-electron chi connectivity index (χ1n) is 9.61. The van der Waals surface area contributed by atoms with Gasteiger partial charge in [0.1, 0.15) is 17.2 Å². The molecular formula is C24H19FN4O2. The Morgan fingerprint density at radius 2 is 1.45 bits per heavy atom. The molecule has 3 aromatic carbocycles. The number of aryl methyl sites for hydroxylation is 1. The van der Waals surface area contributed by atoms with Crippen LogP contribution in [0.3, 0.4) is 0 Å². The molecule has 0 bridgehead atoms. The zero-order valence-electron chi connectivity index (χ0n) is 16.7. The molecular weight excluding hydrogens is 395 g/mol. The molecule has 0 aliphatic heterocycles. The third-order valence-corrected chi connectivity index (χ3v) is 4.76. The van der Waals surface area contributed by atoms with Gasteiger partial charge in [-0.3, -0.25) is 9.59 Å². The maximum absolute atomic E-state index is 14.1. The summed E-state index contributed by atoms with van der Waals surface area (Å²) < 4.78 is 15.6.